The fourth-order valence-corrected chi connectivity index (χ4v) is 1.62. The Morgan fingerprint density at radius 3 is 3.06 bits per heavy atom. The minimum Gasteiger partial charge on any atom is -0.481 e. The summed E-state index contributed by atoms with van der Waals surface area (Å²) < 4.78 is 0. The number of hydrogen-bond acceptors (Lipinski definition) is 4. The van der Waals surface area contributed by atoms with E-state index in [-0.39, 0.29) is 6.42 Å². The van der Waals surface area contributed by atoms with Gasteiger partial charge < -0.3 is 10.4 Å². The van der Waals surface area contributed by atoms with E-state index in [2.05, 4.69) is 20.5 Å². The molecule has 94 valence electrons. The third-order valence-corrected chi connectivity index (χ3v) is 2.50. The topological polar surface area (TPSA) is 90.9 Å². The lowest BCUT2D eigenvalue weighted by Crippen LogP contribution is -2.17. The number of carboxylic acid groups (broad SMARTS) is 1. The van der Waals surface area contributed by atoms with Gasteiger partial charge in [-0.25, -0.2) is 0 Å². The number of aliphatic carboxylic acids is 1. The molecule has 2 heterocycles. The zero-order chi connectivity index (χ0) is 12.8. The van der Waals surface area contributed by atoms with Crippen molar-refractivity contribution in [3.63, 3.8) is 0 Å². The molecule has 0 bridgehead atoms. The smallest absolute Gasteiger partial charge is 0.304 e. The molecular formula is C12H14N4O2. The maximum Gasteiger partial charge on any atom is 0.304 e. The Bertz CT molecular complexity index is 510. The molecule has 0 fully saturated rings. The SMILES string of the molecule is O=C(O)CCNCc1cn[nH]c1-c1cccnc1. The van der Waals surface area contributed by atoms with Gasteiger partial charge in [0.15, 0.2) is 0 Å². The third-order valence-electron chi connectivity index (χ3n) is 2.50. The normalized spacial score (nSPS) is 10.4. The Hall–Kier alpha value is -2.21. The van der Waals surface area contributed by atoms with E-state index >= 15 is 0 Å². The number of carboxylic acids is 1. The number of nitrogens with one attached hydrogen (secondary N) is 2. The van der Waals surface area contributed by atoms with Crippen LogP contribution in [0.15, 0.2) is 30.7 Å². The number of pyridine rings is 1. The zero-order valence-corrected chi connectivity index (χ0v) is 9.76. The van der Waals surface area contributed by atoms with Crippen molar-refractivity contribution < 1.29 is 9.90 Å². The van der Waals surface area contributed by atoms with E-state index < -0.39 is 5.97 Å². The number of aromatic nitrogens is 3. The van der Waals surface area contributed by atoms with Crippen LogP contribution in [0.3, 0.4) is 0 Å². The molecule has 0 unspecified atom stereocenters. The van der Waals surface area contributed by atoms with Crippen LogP contribution in [0.5, 0.6) is 0 Å². The van der Waals surface area contributed by atoms with Crippen LogP contribution in [-0.4, -0.2) is 32.8 Å². The molecule has 3 N–H and O–H groups in total. The van der Waals surface area contributed by atoms with Gasteiger partial charge >= 0.3 is 5.97 Å². The van der Waals surface area contributed by atoms with Crippen LogP contribution in [0.4, 0.5) is 0 Å². The number of nitrogens with zero attached hydrogens (tertiary/aromatic N) is 2. The second-order valence-corrected chi connectivity index (χ2v) is 3.83. The van der Waals surface area contributed by atoms with Crippen LogP contribution in [-0.2, 0) is 11.3 Å². The number of aromatic amines is 1. The average molecular weight is 246 g/mol. The van der Waals surface area contributed by atoms with Crippen molar-refractivity contribution in [1.82, 2.24) is 20.5 Å². The summed E-state index contributed by atoms with van der Waals surface area (Å²) in [5.74, 6) is -0.804. The maximum absolute atomic E-state index is 10.4. The quantitative estimate of drug-likeness (QED) is 0.662. The molecule has 18 heavy (non-hydrogen) atoms. The van der Waals surface area contributed by atoms with E-state index in [0.29, 0.717) is 13.1 Å². The highest BCUT2D eigenvalue weighted by Crippen LogP contribution is 2.19. The van der Waals surface area contributed by atoms with Crippen LogP contribution in [0.1, 0.15) is 12.0 Å². The van der Waals surface area contributed by atoms with E-state index in [1.165, 1.54) is 0 Å². The molecule has 0 atom stereocenters. The average Bonchev–Trinajstić information content (AvgIpc) is 2.84. The second kappa shape index (κ2) is 5.92. The van der Waals surface area contributed by atoms with Gasteiger partial charge in [0.2, 0.25) is 0 Å². The lowest BCUT2D eigenvalue weighted by Gasteiger charge is -2.04. The lowest BCUT2D eigenvalue weighted by molar-refractivity contribution is -0.136. The summed E-state index contributed by atoms with van der Waals surface area (Å²) in [4.78, 5) is 14.4. The summed E-state index contributed by atoms with van der Waals surface area (Å²) in [6, 6.07) is 3.80. The molecule has 0 saturated heterocycles. The monoisotopic (exact) mass is 246 g/mol. The third kappa shape index (κ3) is 3.14. The summed E-state index contributed by atoms with van der Waals surface area (Å²) >= 11 is 0. The molecule has 0 amide bonds. The van der Waals surface area contributed by atoms with Crippen LogP contribution in [0.25, 0.3) is 11.3 Å². The Morgan fingerprint density at radius 2 is 2.33 bits per heavy atom. The van der Waals surface area contributed by atoms with Crippen molar-refractivity contribution in [1.29, 1.82) is 0 Å². The van der Waals surface area contributed by atoms with Crippen molar-refractivity contribution in [3.05, 3.63) is 36.3 Å². The highest BCUT2D eigenvalue weighted by Gasteiger charge is 2.07. The van der Waals surface area contributed by atoms with Crippen LogP contribution >= 0.6 is 0 Å². The molecule has 0 spiro atoms. The first-order valence-corrected chi connectivity index (χ1v) is 5.62. The summed E-state index contributed by atoms with van der Waals surface area (Å²) in [6.07, 6.45) is 5.31. The fourth-order valence-electron chi connectivity index (χ4n) is 1.62. The minimum absolute atomic E-state index is 0.111. The van der Waals surface area contributed by atoms with Crippen LogP contribution in [0.2, 0.25) is 0 Å². The van der Waals surface area contributed by atoms with Crippen molar-refractivity contribution in [2.24, 2.45) is 0 Å². The largest absolute Gasteiger partial charge is 0.481 e. The Labute approximate surface area is 104 Å². The Balaban J connectivity index is 1.98. The van der Waals surface area contributed by atoms with E-state index in [0.717, 1.165) is 16.8 Å². The van der Waals surface area contributed by atoms with Gasteiger partial charge in [0.05, 0.1) is 18.3 Å². The molecule has 0 aromatic carbocycles. The van der Waals surface area contributed by atoms with Gasteiger partial charge in [-0.3, -0.25) is 14.9 Å². The van der Waals surface area contributed by atoms with Crippen molar-refractivity contribution in [2.45, 2.75) is 13.0 Å². The fraction of sp³-hybridized carbons (Fsp3) is 0.250. The maximum atomic E-state index is 10.4. The van der Waals surface area contributed by atoms with Crippen molar-refractivity contribution in [3.8, 4) is 11.3 Å². The molecule has 2 rings (SSSR count). The molecular weight excluding hydrogens is 232 g/mol. The minimum atomic E-state index is -0.804. The van der Waals surface area contributed by atoms with E-state index in [1.807, 2.05) is 12.1 Å². The Morgan fingerprint density at radius 1 is 1.44 bits per heavy atom. The Kier molecular flexibility index (Phi) is 4.03. The van der Waals surface area contributed by atoms with Gasteiger partial charge in [-0.15, -0.1) is 0 Å². The first-order valence-electron chi connectivity index (χ1n) is 5.62. The van der Waals surface area contributed by atoms with Crippen LogP contribution in [0, 0.1) is 0 Å². The van der Waals surface area contributed by atoms with Crippen LogP contribution < -0.4 is 5.32 Å². The predicted octanol–water partition coefficient (Wildman–Crippen LogP) is 1.04. The molecule has 0 saturated carbocycles. The summed E-state index contributed by atoms with van der Waals surface area (Å²) in [6.45, 7) is 1.01. The van der Waals surface area contributed by atoms with E-state index in [1.54, 1.807) is 18.6 Å². The molecule has 0 aliphatic carbocycles. The van der Waals surface area contributed by atoms with Gasteiger partial charge in [0.1, 0.15) is 0 Å². The molecule has 0 aliphatic heterocycles. The zero-order valence-electron chi connectivity index (χ0n) is 9.76. The molecule has 6 heteroatoms. The number of carbonyl (C=O) groups is 1. The number of hydrogen-bond donors (Lipinski definition) is 3. The second-order valence-electron chi connectivity index (χ2n) is 3.83. The van der Waals surface area contributed by atoms with Crippen molar-refractivity contribution >= 4 is 5.97 Å². The number of H-pyrrole nitrogens is 1. The van der Waals surface area contributed by atoms with E-state index in [4.69, 9.17) is 5.11 Å². The first kappa shape index (κ1) is 12.3. The molecule has 0 aliphatic rings. The predicted molar refractivity (Wildman–Crippen MR) is 65.8 cm³/mol. The molecule has 2 aromatic rings. The van der Waals surface area contributed by atoms with Crippen molar-refractivity contribution in [2.75, 3.05) is 6.54 Å². The number of rotatable bonds is 6. The van der Waals surface area contributed by atoms with Gasteiger partial charge in [0.25, 0.3) is 0 Å². The first-order chi connectivity index (χ1) is 8.77. The molecule has 0 radical (unpaired) electrons. The summed E-state index contributed by atoms with van der Waals surface area (Å²) in [7, 11) is 0. The van der Waals surface area contributed by atoms with E-state index in [9.17, 15) is 4.79 Å². The lowest BCUT2D eigenvalue weighted by atomic mass is 10.1. The molecule has 6 nitrogen and oxygen atoms in total. The van der Waals surface area contributed by atoms with Gasteiger partial charge in [-0.1, -0.05) is 0 Å². The van der Waals surface area contributed by atoms with Gasteiger partial charge in [-0.2, -0.15) is 5.10 Å². The molecule has 2 aromatic heterocycles. The highest BCUT2D eigenvalue weighted by molar-refractivity contribution is 5.66. The van der Waals surface area contributed by atoms with Gasteiger partial charge in [0, 0.05) is 36.6 Å². The highest BCUT2D eigenvalue weighted by atomic mass is 16.4. The standard InChI is InChI=1S/C12H14N4O2/c17-11(18)3-5-14-7-10-8-15-16-12(10)9-2-1-4-13-6-9/h1-2,4,6,8,14H,3,5,7H2,(H,15,16)(H,17,18). The summed E-state index contributed by atoms with van der Waals surface area (Å²) in [5.41, 5.74) is 2.87. The summed E-state index contributed by atoms with van der Waals surface area (Å²) in [5, 5.41) is 18.5. The van der Waals surface area contributed by atoms with Gasteiger partial charge in [-0.05, 0) is 12.1 Å².